The number of nitrogens with one attached hydrogen (secondary N) is 2. The normalized spacial score (nSPS) is 16.3. The van der Waals surface area contributed by atoms with Gasteiger partial charge in [-0.25, -0.2) is 0 Å². The molecule has 1 atom stereocenters. The lowest BCUT2D eigenvalue weighted by molar-refractivity contribution is -0.135. The highest BCUT2D eigenvalue weighted by Crippen LogP contribution is 2.32. The minimum atomic E-state index is -0.454. The number of hydrogen-bond acceptors (Lipinski definition) is 3. The molecule has 6 heteroatoms. The Morgan fingerprint density at radius 1 is 1.39 bits per heavy atom. The standard InChI is InChI=1S/C22H32N4O2/c1-6-26(20(28)13-27)16-8-7-15-11-19(23-18(15)12-16)21-17(14(2)24-25-21)9-10-22(3,4)5/h7-8,11,16,23,27H,6,9-10,12-13H2,1-5H3,(H,24,25). The van der Waals surface area contributed by atoms with Gasteiger partial charge in [0.2, 0.25) is 5.91 Å². The van der Waals surface area contributed by atoms with Gasteiger partial charge in [0.15, 0.2) is 0 Å². The molecular weight excluding hydrogens is 352 g/mol. The van der Waals surface area contributed by atoms with Crippen LogP contribution in [0.15, 0.2) is 12.1 Å². The summed E-state index contributed by atoms with van der Waals surface area (Å²) in [7, 11) is 0. The molecule has 1 amide bonds. The minimum Gasteiger partial charge on any atom is -0.387 e. The molecule has 0 radical (unpaired) electrons. The zero-order chi connectivity index (χ0) is 20.5. The van der Waals surface area contributed by atoms with Gasteiger partial charge in [-0.15, -0.1) is 0 Å². The van der Waals surface area contributed by atoms with Crippen LogP contribution in [0.3, 0.4) is 0 Å². The van der Waals surface area contributed by atoms with Crippen molar-refractivity contribution in [2.24, 2.45) is 5.41 Å². The number of aliphatic hydroxyl groups is 1. The number of nitrogens with zero attached hydrogens (tertiary/aromatic N) is 2. The first-order chi connectivity index (χ1) is 13.2. The van der Waals surface area contributed by atoms with E-state index in [9.17, 15) is 9.90 Å². The van der Waals surface area contributed by atoms with Crippen molar-refractivity contribution in [1.82, 2.24) is 20.1 Å². The molecular formula is C22H32N4O2. The second-order valence-corrected chi connectivity index (χ2v) is 8.82. The zero-order valence-corrected chi connectivity index (χ0v) is 17.6. The highest BCUT2D eigenvalue weighted by molar-refractivity contribution is 5.78. The van der Waals surface area contributed by atoms with Crippen molar-refractivity contribution >= 4 is 12.0 Å². The number of aromatic amines is 2. The van der Waals surface area contributed by atoms with Crippen LogP contribution in [-0.2, 0) is 17.6 Å². The van der Waals surface area contributed by atoms with Crippen LogP contribution in [0.25, 0.3) is 17.5 Å². The molecule has 152 valence electrons. The number of aryl methyl sites for hydroxylation is 1. The predicted molar refractivity (Wildman–Crippen MR) is 112 cm³/mol. The van der Waals surface area contributed by atoms with E-state index < -0.39 is 6.61 Å². The second kappa shape index (κ2) is 7.95. The first-order valence-electron chi connectivity index (χ1n) is 10.1. The van der Waals surface area contributed by atoms with Crippen LogP contribution in [0.4, 0.5) is 0 Å². The SMILES string of the molecule is CCN(C(=O)CO)C1C=Cc2cc(-c3n[nH]c(C)c3CCC(C)(C)C)[nH]c2C1. The monoisotopic (exact) mass is 384 g/mol. The average Bonchev–Trinajstić information content (AvgIpc) is 3.22. The number of amides is 1. The Morgan fingerprint density at radius 2 is 2.14 bits per heavy atom. The third kappa shape index (κ3) is 4.22. The Labute approximate surface area is 167 Å². The third-order valence-electron chi connectivity index (χ3n) is 5.50. The Morgan fingerprint density at radius 3 is 2.79 bits per heavy atom. The molecule has 0 aliphatic heterocycles. The molecule has 3 N–H and O–H groups in total. The van der Waals surface area contributed by atoms with Gasteiger partial charge in [0.1, 0.15) is 12.3 Å². The van der Waals surface area contributed by atoms with Gasteiger partial charge in [-0.1, -0.05) is 32.9 Å². The lowest BCUT2D eigenvalue weighted by atomic mass is 9.88. The van der Waals surface area contributed by atoms with Crippen molar-refractivity contribution < 1.29 is 9.90 Å². The summed E-state index contributed by atoms with van der Waals surface area (Å²) in [6, 6.07) is 2.10. The Bertz CT molecular complexity index is 870. The molecule has 2 aromatic rings. The van der Waals surface area contributed by atoms with Crippen LogP contribution in [0.2, 0.25) is 0 Å². The number of H-pyrrole nitrogens is 2. The summed E-state index contributed by atoms with van der Waals surface area (Å²) in [5.41, 5.74) is 6.90. The number of aromatic nitrogens is 3. The van der Waals surface area contributed by atoms with E-state index in [0.29, 0.717) is 13.0 Å². The first kappa shape index (κ1) is 20.4. The number of fused-ring (bicyclic) bond motifs is 1. The number of carbonyl (C=O) groups is 1. The molecule has 0 bridgehead atoms. The summed E-state index contributed by atoms with van der Waals surface area (Å²) in [5.74, 6) is -0.236. The summed E-state index contributed by atoms with van der Waals surface area (Å²) < 4.78 is 0. The maximum Gasteiger partial charge on any atom is 0.248 e. The van der Waals surface area contributed by atoms with E-state index in [1.807, 2.05) is 13.0 Å². The maximum atomic E-state index is 12.0. The summed E-state index contributed by atoms with van der Waals surface area (Å²) in [6.45, 7) is 10.9. The molecule has 2 aromatic heterocycles. The van der Waals surface area contributed by atoms with Crippen LogP contribution < -0.4 is 0 Å². The fourth-order valence-corrected chi connectivity index (χ4v) is 3.83. The fraction of sp³-hybridized carbons (Fsp3) is 0.545. The largest absolute Gasteiger partial charge is 0.387 e. The fourth-order valence-electron chi connectivity index (χ4n) is 3.83. The van der Waals surface area contributed by atoms with Gasteiger partial charge in [-0.05, 0) is 43.7 Å². The first-order valence-corrected chi connectivity index (χ1v) is 10.1. The van der Waals surface area contributed by atoms with Gasteiger partial charge in [0.25, 0.3) is 0 Å². The van der Waals surface area contributed by atoms with E-state index in [1.165, 1.54) is 5.56 Å². The molecule has 3 rings (SSSR count). The van der Waals surface area contributed by atoms with E-state index >= 15 is 0 Å². The van der Waals surface area contributed by atoms with Gasteiger partial charge < -0.3 is 15.0 Å². The molecule has 0 saturated carbocycles. The molecule has 0 saturated heterocycles. The lowest BCUT2D eigenvalue weighted by Crippen LogP contribution is -2.42. The highest BCUT2D eigenvalue weighted by Gasteiger charge is 2.25. The van der Waals surface area contributed by atoms with E-state index in [0.717, 1.165) is 41.2 Å². The molecule has 28 heavy (non-hydrogen) atoms. The van der Waals surface area contributed by atoms with Crippen LogP contribution in [-0.4, -0.2) is 50.3 Å². The van der Waals surface area contributed by atoms with Crippen LogP contribution in [0, 0.1) is 12.3 Å². The Balaban J connectivity index is 1.84. The third-order valence-corrected chi connectivity index (χ3v) is 5.50. The van der Waals surface area contributed by atoms with Crippen LogP contribution >= 0.6 is 0 Å². The predicted octanol–water partition coefficient (Wildman–Crippen LogP) is 3.47. The van der Waals surface area contributed by atoms with Crippen molar-refractivity contribution in [3.63, 3.8) is 0 Å². The molecule has 1 unspecified atom stereocenters. The zero-order valence-electron chi connectivity index (χ0n) is 17.6. The van der Waals surface area contributed by atoms with E-state index in [-0.39, 0.29) is 17.4 Å². The van der Waals surface area contributed by atoms with Crippen molar-refractivity contribution in [1.29, 1.82) is 0 Å². The van der Waals surface area contributed by atoms with Gasteiger partial charge >= 0.3 is 0 Å². The van der Waals surface area contributed by atoms with Crippen molar-refractivity contribution in [3.05, 3.63) is 34.7 Å². The van der Waals surface area contributed by atoms with Crippen molar-refractivity contribution in [3.8, 4) is 11.4 Å². The van der Waals surface area contributed by atoms with Crippen molar-refractivity contribution in [2.45, 2.75) is 59.9 Å². The lowest BCUT2D eigenvalue weighted by Gasteiger charge is -2.30. The summed E-state index contributed by atoms with van der Waals surface area (Å²) in [6.07, 6.45) is 6.90. The molecule has 6 nitrogen and oxygen atoms in total. The summed E-state index contributed by atoms with van der Waals surface area (Å²) >= 11 is 0. The number of hydrogen-bond donors (Lipinski definition) is 3. The molecule has 0 fully saturated rings. The second-order valence-electron chi connectivity index (χ2n) is 8.82. The van der Waals surface area contributed by atoms with E-state index in [2.05, 4.69) is 55.0 Å². The Kier molecular flexibility index (Phi) is 5.79. The number of rotatable bonds is 6. The molecule has 0 aromatic carbocycles. The molecule has 1 aliphatic rings. The minimum absolute atomic E-state index is 0.0371. The quantitative estimate of drug-likeness (QED) is 0.713. The topological polar surface area (TPSA) is 85.0 Å². The van der Waals surface area contributed by atoms with Crippen molar-refractivity contribution in [2.75, 3.05) is 13.2 Å². The summed E-state index contributed by atoms with van der Waals surface area (Å²) in [4.78, 5) is 17.2. The number of carbonyl (C=O) groups excluding carboxylic acids is 1. The Hall–Kier alpha value is -2.34. The van der Waals surface area contributed by atoms with Gasteiger partial charge in [-0.2, -0.15) is 5.10 Å². The average molecular weight is 385 g/mol. The van der Waals surface area contributed by atoms with Gasteiger partial charge in [0, 0.05) is 29.9 Å². The maximum absolute atomic E-state index is 12.0. The molecule has 2 heterocycles. The highest BCUT2D eigenvalue weighted by atomic mass is 16.3. The van der Waals surface area contributed by atoms with Crippen LogP contribution in [0.1, 0.15) is 56.6 Å². The summed E-state index contributed by atoms with van der Waals surface area (Å²) in [5, 5.41) is 16.9. The number of likely N-dealkylation sites (N-methyl/N-ethyl adjacent to an activating group) is 1. The number of aliphatic hydroxyl groups excluding tert-OH is 1. The smallest absolute Gasteiger partial charge is 0.248 e. The van der Waals surface area contributed by atoms with Gasteiger partial charge in [0.05, 0.1) is 11.7 Å². The molecule has 1 aliphatic carbocycles. The molecule has 0 spiro atoms. The van der Waals surface area contributed by atoms with E-state index in [1.54, 1.807) is 4.90 Å². The van der Waals surface area contributed by atoms with Crippen LogP contribution in [0.5, 0.6) is 0 Å². The van der Waals surface area contributed by atoms with Gasteiger partial charge in [-0.3, -0.25) is 9.89 Å². The van der Waals surface area contributed by atoms with E-state index in [4.69, 9.17) is 0 Å².